The van der Waals surface area contributed by atoms with Crippen LogP contribution in [-0.2, 0) is 9.47 Å². The molecule has 0 aliphatic rings. The molecule has 254 valence electrons. The number of carbonyl (C=O) groups excluding carboxylic acids is 2. The molecule has 0 radical (unpaired) electrons. The molecule has 8 heteroatoms. The minimum absolute atomic E-state index is 0.00613. The van der Waals surface area contributed by atoms with Crippen molar-refractivity contribution in [2.24, 2.45) is 0 Å². The molecule has 0 fully saturated rings. The molecule has 52 heavy (non-hydrogen) atoms. The van der Waals surface area contributed by atoms with Crippen LogP contribution in [0.3, 0.4) is 0 Å². The van der Waals surface area contributed by atoms with Gasteiger partial charge in [0, 0.05) is 33.9 Å². The van der Waals surface area contributed by atoms with Crippen LogP contribution in [0.4, 0.5) is 0 Å². The lowest BCUT2D eigenvalue weighted by Gasteiger charge is -2.15. The van der Waals surface area contributed by atoms with Crippen LogP contribution in [0.25, 0.3) is 54.5 Å². The number of aromatic nitrogens is 2. The second-order valence-corrected chi connectivity index (χ2v) is 12.1. The van der Waals surface area contributed by atoms with Crippen LogP contribution in [-0.4, -0.2) is 48.3 Å². The standard InChI is InChI=1S/C44H32N2O6/c47-43(51-25-23-49-41-33-15-5-1-11-29(33)27-30-12-2-6-16-34(30)41)37-19-9-21-45-39(37)40-38(20-10-22-46-40)44(48)52-26-24-50-42-35-17-7-3-13-31(35)28-32-14-4-8-18-36(32)42/h1-22,27-28H,23-26H2. The van der Waals surface area contributed by atoms with Gasteiger partial charge in [-0.15, -0.1) is 0 Å². The number of rotatable bonds is 11. The Morgan fingerprint density at radius 3 is 1.13 bits per heavy atom. The molecule has 0 atom stereocenters. The van der Waals surface area contributed by atoms with Crippen LogP contribution in [0.15, 0.2) is 146 Å². The minimum Gasteiger partial charge on any atom is -0.489 e. The van der Waals surface area contributed by atoms with Gasteiger partial charge >= 0.3 is 11.9 Å². The van der Waals surface area contributed by atoms with E-state index in [1.807, 2.05) is 97.1 Å². The fourth-order valence-corrected chi connectivity index (χ4v) is 6.48. The number of carbonyl (C=O) groups is 2. The molecular formula is C44H32N2O6. The smallest absolute Gasteiger partial charge is 0.340 e. The third-order valence-corrected chi connectivity index (χ3v) is 8.85. The van der Waals surface area contributed by atoms with Gasteiger partial charge in [0.05, 0.1) is 11.1 Å². The first-order valence-electron chi connectivity index (χ1n) is 17.0. The maximum atomic E-state index is 13.4. The van der Waals surface area contributed by atoms with E-state index in [2.05, 4.69) is 22.1 Å². The summed E-state index contributed by atoms with van der Waals surface area (Å²) < 4.78 is 23.8. The predicted molar refractivity (Wildman–Crippen MR) is 202 cm³/mol. The minimum atomic E-state index is -0.616. The lowest BCUT2D eigenvalue weighted by Crippen LogP contribution is -2.16. The third kappa shape index (κ3) is 6.45. The number of esters is 2. The van der Waals surface area contributed by atoms with Crippen molar-refractivity contribution >= 4 is 55.0 Å². The molecule has 2 heterocycles. The van der Waals surface area contributed by atoms with E-state index in [0.29, 0.717) is 0 Å². The SMILES string of the molecule is O=C(OCCOc1c2ccccc2cc2ccccc12)c1cccnc1-c1ncccc1C(=O)OCCOc1c2ccccc2cc2ccccc12. The fraction of sp³-hybridized carbons (Fsp3) is 0.0909. The second kappa shape index (κ2) is 14.6. The topological polar surface area (TPSA) is 96.8 Å². The van der Waals surface area contributed by atoms with Crippen molar-refractivity contribution in [2.75, 3.05) is 26.4 Å². The first-order valence-corrected chi connectivity index (χ1v) is 17.0. The van der Waals surface area contributed by atoms with E-state index >= 15 is 0 Å². The van der Waals surface area contributed by atoms with Gasteiger partial charge in [-0.05, 0) is 57.9 Å². The molecule has 0 saturated carbocycles. The molecule has 0 aliphatic carbocycles. The quantitative estimate of drug-likeness (QED) is 0.0756. The first-order chi connectivity index (χ1) is 25.7. The molecule has 8 nitrogen and oxygen atoms in total. The second-order valence-electron chi connectivity index (χ2n) is 12.1. The van der Waals surface area contributed by atoms with E-state index in [-0.39, 0.29) is 48.9 Å². The fourth-order valence-electron chi connectivity index (χ4n) is 6.48. The number of pyridine rings is 2. The molecule has 0 aliphatic heterocycles. The molecule has 0 N–H and O–H groups in total. The Balaban J connectivity index is 0.942. The first kappa shape index (κ1) is 32.4. The summed E-state index contributed by atoms with van der Waals surface area (Å²) in [5, 5.41) is 8.14. The molecular weight excluding hydrogens is 652 g/mol. The summed E-state index contributed by atoms with van der Waals surface area (Å²) in [5.74, 6) is 0.240. The van der Waals surface area contributed by atoms with Gasteiger partial charge in [0.2, 0.25) is 0 Å². The predicted octanol–water partition coefficient (Wildman–Crippen LogP) is 9.23. The molecule has 2 aromatic heterocycles. The van der Waals surface area contributed by atoms with Crippen LogP contribution in [0.2, 0.25) is 0 Å². The Morgan fingerprint density at radius 2 is 0.769 bits per heavy atom. The highest BCUT2D eigenvalue weighted by Gasteiger charge is 2.23. The highest BCUT2D eigenvalue weighted by molar-refractivity contribution is 6.06. The van der Waals surface area contributed by atoms with Crippen molar-refractivity contribution in [1.29, 1.82) is 0 Å². The average molecular weight is 685 g/mol. The highest BCUT2D eigenvalue weighted by Crippen LogP contribution is 2.36. The molecule has 8 aromatic rings. The van der Waals surface area contributed by atoms with Crippen LogP contribution >= 0.6 is 0 Å². The third-order valence-electron chi connectivity index (χ3n) is 8.85. The van der Waals surface area contributed by atoms with Crippen molar-refractivity contribution in [1.82, 2.24) is 9.97 Å². The Bertz CT molecular complexity index is 2310. The van der Waals surface area contributed by atoms with E-state index < -0.39 is 11.9 Å². The maximum absolute atomic E-state index is 13.4. The summed E-state index contributed by atoms with van der Waals surface area (Å²) in [6.45, 7) is 0.260. The number of fused-ring (bicyclic) bond motifs is 4. The zero-order chi connectivity index (χ0) is 35.3. The molecule has 0 unspecified atom stereocenters. The Kier molecular flexibility index (Phi) is 9.09. The van der Waals surface area contributed by atoms with E-state index in [0.717, 1.165) is 54.6 Å². The zero-order valence-electron chi connectivity index (χ0n) is 28.0. The van der Waals surface area contributed by atoms with Gasteiger partial charge in [-0.2, -0.15) is 0 Å². The van der Waals surface area contributed by atoms with E-state index in [4.69, 9.17) is 18.9 Å². The molecule has 0 bridgehead atoms. The molecule has 8 rings (SSSR count). The van der Waals surface area contributed by atoms with Gasteiger partial charge in [-0.1, -0.05) is 97.1 Å². The van der Waals surface area contributed by atoms with Gasteiger partial charge in [0.25, 0.3) is 0 Å². The summed E-state index contributed by atoms with van der Waals surface area (Å²) >= 11 is 0. The number of hydrogen-bond acceptors (Lipinski definition) is 8. The van der Waals surface area contributed by atoms with Crippen LogP contribution < -0.4 is 9.47 Å². The van der Waals surface area contributed by atoms with Crippen molar-refractivity contribution < 1.29 is 28.5 Å². The lowest BCUT2D eigenvalue weighted by atomic mass is 10.0. The summed E-state index contributed by atoms with van der Waals surface area (Å²) in [5.41, 5.74) is 0.744. The highest BCUT2D eigenvalue weighted by atomic mass is 16.6. The van der Waals surface area contributed by atoms with Gasteiger partial charge in [-0.3, -0.25) is 9.97 Å². The van der Waals surface area contributed by atoms with Crippen molar-refractivity contribution in [3.63, 3.8) is 0 Å². The summed E-state index contributed by atoms with van der Waals surface area (Å²) in [6, 6.07) is 42.8. The normalized spacial score (nSPS) is 11.2. The number of benzene rings is 6. The Hall–Kier alpha value is -6.80. The summed E-state index contributed by atoms with van der Waals surface area (Å²) in [4.78, 5) is 35.7. The van der Waals surface area contributed by atoms with E-state index in [9.17, 15) is 9.59 Å². The van der Waals surface area contributed by atoms with Crippen LogP contribution in [0.5, 0.6) is 11.5 Å². The maximum Gasteiger partial charge on any atom is 0.340 e. The van der Waals surface area contributed by atoms with Crippen molar-refractivity contribution in [2.45, 2.75) is 0 Å². The van der Waals surface area contributed by atoms with Crippen molar-refractivity contribution in [3.8, 4) is 22.9 Å². The number of nitrogens with zero attached hydrogens (tertiary/aromatic N) is 2. The van der Waals surface area contributed by atoms with Crippen molar-refractivity contribution in [3.05, 3.63) is 157 Å². The largest absolute Gasteiger partial charge is 0.489 e. The monoisotopic (exact) mass is 684 g/mol. The van der Waals surface area contributed by atoms with Gasteiger partial charge in [-0.25, -0.2) is 9.59 Å². The van der Waals surface area contributed by atoms with Crippen LogP contribution in [0.1, 0.15) is 20.7 Å². The lowest BCUT2D eigenvalue weighted by molar-refractivity contribution is 0.0442. The molecule has 6 aromatic carbocycles. The summed E-state index contributed by atoms with van der Waals surface area (Å²) in [6.07, 6.45) is 3.07. The number of ether oxygens (including phenoxy) is 4. The summed E-state index contributed by atoms with van der Waals surface area (Å²) in [7, 11) is 0. The van der Waals surface area contributed by atoms with Gasteiger partial charge in [0.1, 0.15) is 49.3 Å². The van der Waals surface area contributed by atoms with Crippen LogP contribution in [0, 0.1) is 0 Å². The zero-order valence-corrected chi connectivity index (χ0v) is 28.0. The average Bonchev–Trinajstić information content (AvgIpc) is 3.20. The molecule has 0 amide bonds. The Labute approximate surface area is 299 Å². The molecule has 0 saturated heterocycles. The molecule has 0 spiro atoms. The van der Waals surface area contributed by atoms with E-state index in [1.165, 1.54) is 12.4 Å². The van der Waals surface area contributed by atoms with Gasteiger partial charge < -0.3 is 18.9 Å². The Morgan fingerprint density at radius 1 is 0.423 bits per heavy atom. The number of hydrogen-bond donors (Lipinski definition) is 0. The van der Waals surface area contributed by atoms with Gasteiger partial charge in [0.15, 0.2) is 0 Å². The van der Waals surface area contributed by atoms with E-state index in [1.54, 1.807) is 24.3 Å².